The summed E-state index contributed by atoms with van der Waals surface area (Å²) >= 11 is 2.15. The van der Waals surface area contributed by atoms with Gasteiger partial charge in [-0.2, -0.15) is 11.2 Å². The summed E-state index contributed by atoms with van der Waals surface area (Å²) in [7, 11) is -1.59. The van der Waals surface area contributed by atoms with Crippen LogP contribution in [0.4, 0.5) is 0 Å². The third kappa shape index (κ3) is 3.95. The van der Waals surface area contributed by atoms with Crippen LogP contribution < -0.4 is 5.19 Å². The van der Waals surface area contributed by atoms with Crippen LogP contribution in [0, 0.1) is 0 Å². The van der Waals surface area contributed by atoms with Gasteiger partial charge in [-0.05, 0) is 16.3 Å². The van der Waals surface area contributed by atoms with Crippen molar-refractivity contribution >= 4 is 23.6 Å². The van der Waals surface area contributed by atoms with Gasteiger partial charge in [0.1, 0.15) is 7.22 Å². The first-order valence-electron chi connectivity index (χ1n) is 8.00. The van der Waals surface area contributed by atoms with Crippen molar-refractivity contribution in [3.05, 3.63) is 102 Å². The van der Waals surface area contributed by atoms with Crippen molar-refractivity contribution in [3.8, 4) is 0 Å². The van der Waals surface area contributed by atoms with Crippen molar-refractivity contribution < 1.29 is 0 Å². The van der Waals surface area contributed by atoms with Gasteiger partial charge in [-0.25, -0.2) is 0 Å². The van der Waals surface area contributed by atoms with Gasteiger partial charge in [0.05, 0.1) is 0 Å². The van der Waals surface area contributed by atoms with E-state index in [0.717, 1.165) is 0 Å². The molecule has 0 aliphatic carbocycles. The molecule has 0 fully saturated rings. The van der Waals surface area contributed by atoms with Gasteiger partial charge in [0.2, 0.25) is 0 Å². The summed E-state index contributed by atoms with van der Waals surface area (Å²) in [4.78, 5) is 0. The second kappa shape index (κ2) is 7.20. The first-order chi connectivity index (χ1) is 11.2. The highest BCUT2D eigenvalue weighted by Crippen LogP contribution is 2.40. The number of hydrogen-bond donors (Lipinski definition) is 0. The van der Waals surface area contributed by atoms with Crippen LogP contribution in [0.3, 0.4) is 0 Å². The summed E-state index contributed by atoms with van der Waals surface area (Å²) < 4.78 is 0. The monoisotopic (exact) mass is 334 g/mol. The molecule has 0 aliphatic rings. The summed E-state index contributed by atoms with van der Waals surface area (Å²) in [5, 5.41) is 1.89. The topological polar surface area (TPSA) is 0 Å². The van der Waals surface area contributed by atoms with Gasteiger partial charge in [-0.3, -0.25) is 0 Å². The van der Waals surface area contributed by atoms with Crippen LogP contribution in [0.25, 0.3) is 0 Å². The summed E-state index contributed by atoms with van der Waals surface area (Å²) in [6.45, 7) is 4.90. The standard InChI is InChI=1S/C21H22SSi/c1-23(2,20-16-10-5-11-17-20)22-21(18-12-6-3-7-13-18)19-14-8-4-9-15-19/h3-17,21H,1-2H3. The van der Waals surface area contributed by atoms with Crippen LogP contribution in [0.15, 0.2) is 91.0 Å². The summed E-state index contributed by atoms with van der Waals surface area (Å²) in [6, 6.07) is 32.7. The molecule has 2 heteroatoms. The molecular weight excluding hydrogens is 312 g/mol. The molecule has 23 heavy (non-hydrogen) atoms. The van der Waals surface area contributed by atoms with Crippen LogP contribution in [0.2, 0.25) is 13.1 Å². The van der Waals surface area contributed by atoms with E-state index < -0.39 is 7.22 Å². The molecule has 3 aromatic rings. The predicted molar refractivity (Wildman–Crippen MR) is 106 cm³/mol. The molecule has 3 rings (SSSR count). The highest BCUT2D eigenvalue weighted by Gasteiger charge is 2.29. The zero-order valence-corrected chi connectivity index (χ0v) is 15.5. The van der Waals surface area contributed by atoms with Gasteiger partial charge >= 0.3 is 0 Å². The van der Waals surface area contributed by atoms with Gasteiger partial charge in [0.25, 0.3) is 0 Å². The Bertz CT molecular complexity index is 684. The highest BCUT2D eigenvalue weighted by atomic mass is 32.4. The maximum atomic E-state index is 2.45. The molecule has 0 radical (unpaired) electrons. The fraction of sp³-hybridized carbons (Fsp3) is 0.143. The molecule has 116 valence electrons. The maximum absolute atomic E-state index is 2.45. The Morgan fingerprint density at radius 1 is 0.609 bits per heavy atom. The Morgan fingerprint density at radius 3 is 1.43 bits per heavy atom. The lowest BCUT2D eigenvalue weighted by molar-refractivity contribution is 1.16. The average Bonchev–Trinajstić information content (AvgIpc) is 2.62. The molecule has 0 N–H and O–H groups in total. The third-order valence-electron chi connectivity index (χ3n) is 4.09. The quantitative estimate of drug-likeness (QED) is 0.546. The Hall–Kier alpha value is -1.77. The molecule has 0 unspecified atom stereocenters. The van der Waals surface area contributed by atoms with Crippen molar-refractivity contribution in [2.75, 3.05) is 0 Å². The zero-order chi connectivity index (χ0) is 16.1. The van der Waals surface area contributed by atoms with E-state index in [1.54, 1.807) is 0 Å². The minimum Gasteiger partial charge on any atom is -0.167 e. The minimum absolute atomic E-state index is 0.388. The number of hydrogen-bond acceptors (Lipinski definition) is 1. The van der Waals surface area contributed by atoms with Crippen molar-refractivity contribution in [2.24, 2.45) is 0 Å². The number of benzene rings is 3. The SMILES string of the molecule is C[Si](C)(SC(c1ccccc1)c1ccccc1)c1ccccc1. The van der Waals surface area contributed by atoms with E-state index in [1.807, 2.05) is 0 Å². The molecule has 0 saturated heterocycles. The van der Waals surface area contributed by atoms with Crippen molar-refractivity contribution in [1.82, 2.24) is 0 Å². The smallest absolute Gasteiger partial charge is 0.143 e. The molecule has 0 amide bonds. The van der Waals surface area contributed by atoms with Crippen molar-refractivity contribution in [3.63, 3.8) is 0 Å². The summed E-state index contributed by atoms with van der Waals surface area (Å²) in [5.74, 6) is 0. The second-order valence-corrected chi connectivity index (χ2v) is 14.3. The molecule has 0 aromatic heterocycles. The van der Waals surface area contributed by atoms with Gasteiger partial charge in [-0.1, -0.05) is 104 Å². The highest BCUT2D eigenvalue weighted by molar-refractivity contribution is 8.30. The molecule has 3 aromatic carbocycles. The molecule has 0 spiro atoms. The molecule has 0 bridgehead atoms. The molecular formula is C21H22SSi. The van der Waals surface area contributed by atoms with E-state index >= 15 is 0 Å². The molecule has 0 atom stereocenters. The predicted octanol–water partition coefficient (Wildman–Crippen LogP) is 5.62. The summed E-state index contributed by atoms with van der Waals surface area (Å²) in [5.41, 5.74) is 2.78. The van der Waals surface area contributed by atoms with Crippen molar-refractivity contribution in [1.29, 1.82) is 0 Å². The Labute approximate surface area is 144 Å². The van der Waals surface area contributed by atoms with Crippen LogP contribution in [-0.2, 0) is 0 Å². The lowest BCUT2D eigenvalue weighted by Crippen LogP contribution is -2.38. The summed E-state index contributed by atoms with van der Waals surface area (Å²) in [6.07, 6.45) is 0. The second-order valence-electron chi connectivity index (χ2n) is 6.20. The van der Waals surface area contributed by atoms with Gasteiger partial charge in [0.15, 0.2) is 0 Å². The zero-order valence-electron chi connectivity index (χ0n) is 13.6. The van der Waals surface area contributed by atoms with E-state index in [0.29, 0.717) is 5.25 Å². The van der Waals surface area contributed by atoms with Gasteiger partial charge in [0, 0.05) is 5.25 Å². The van der Waals surface area contributed by atoms with Crippen molar-refractivity contribution in [2.45, 2.75) is 18.3 Å². The fourth-order valence-electron chi connectivity index (χ4n) is 2.79. The van der Waals surface area contributed by atoms with Gasteiger partial charge in [-0.15, -0.1) is 0 Å². The average molecular weight is 335 g/mol. The van der Waals surface area contributed by atoms with Gasteiger partial charge < -0.3 is 0 Å². The van der Waals surface area contributed by atoms with E-state index in [4.69, 9.17) is 0 Å². The maximum Gasteiger partial charge on any atom is 0.143 e. The Kier molecular flexibility index (Phi) is 5.04. The fourth-order valence-corrected chi connectivity index (χ4v) is 8.49. The molecule has 0 saturated carbocycles. The lowest BCUT2D eigenvalue weighted by atomic mass is 10.0. The molecule has 0 aliphatic heterocycles. The minimum atomic E-state index is -1.59. The van der Waals surface area contributed by atoms with E-state index in [-0.39, 0.29) is 0 Å². The Balaban J connectivity index is 1.97. The first kappa shape index (κ1) is 16.1. The van der Waals surface area contributed by atoms with Crippen LogP contribution in [0.5, 0.6) is 0 Å². The lowest BCUT2D eigenvalue weighted by Gasteiger charge is -2.29. The third-order valence-corrected chi connectivity index (χ3v) is 10.4. The largest absolute Gasteiger partial charge is 0.167 e. The van der Waals surface area contributed by atoms with Crippen LogP contribution in [0.1, 0.15) is 16.4 Å². The Morgan fingerprint density at radius 2 is 1.00 bits per heavy atom. The van der Waals surface area contributed by atoms with Crippen LogP contribution >= 0.6 is 11.2 Å². The molecule has 0 nitrogen and oxygen atoms in total. The van der Waals surface area contributed by atoms with Crippen LogP contribution in [-0.4, -0.2) is 7.22 Å². The number of rotatable bonds is 5. The van der Waals surface area contributed by atoms with E-state index in [2.05, 4.69) is 115 Å². The first-order valence-corrected chi connectivity index (χ1v) is 12.6. The molecule has 0 heterocycles. The van der Waals surface area contributed by atoms with E-state index in [9.17, 15) is 0 Å². The normalized spacial score (nSPS) is 11.6. The van der Waals surface area contributed by atoms with E-state index in [1.165, 1.54) is 16.3 Å².